The fraction of sp³-hybridized carbons (Fsp3) is 0.250. The van der Waals surface area contributed by atoms with Gasteiger partial charge in [-0.1, -0.05) is 48.6 Å². The van der Waals surface area contributed by atoms with Gasteiger partial charge in [0.25, 0.3) is 0 Å². The highest BCUT2D eigenvalue weighted by Crippen LogP contribution is 2.52. The van der Waals surface area contributed by atoms with Crippen LogP contribution >= 0.6 is 0 Å². The molecule has 0 spiro atoms. The van der Waals surface area contributed by atoms with Gasteiger partial charge in [0.15, 0.2) is 0 Å². The van der Waals surface area contributed by atoms with Gasteiger partial charge in [0, 0.05) is 5.92 Å². The molecule has 0 unspecified atom stereocenters. The van der Waals surface area contributed by atoms with Crippen LogP contribution in [0, 0.1) is 5.92 Å². The van der Waals surface area contributed by atoms with Gasteiger partial charge in [-0.3, -0.25) is 0 Å². The van der Waals surface area contributed by atoms with Crippen molar-refractivity contribution >= 4 is 11.7 Å². The monoisotopic (exact) mass is 320 g/mol. The summed E-state index contributed by atoms with van der Waals surface area (Å²) in [5.41, 5.74) is 3.57. The zero-order valence-corrected chi connectivity index (χ0v) is 13.4. The van der Waals surface area contributed by atoms with Crippen molar-refractivity contribution in [3.05, 3.63) is 71.3 Å². The minimum atomic E-state index is -1.15. The molecule has 24 heavy (non-hydrogen) atoms. The van der Waals surface area contributed by atoms with E-state index in [1.54, 1.807) is 19.2 Å². The van der Waals surface area contributed by atoms with Gasteiger partial charge >= 0.3 is 0 Å². The van der Waals surface area contributed by atoms with E-state index in [1.165, 1.54) is 5.56 Å². The number of para-hydroxylation sites is 1. The molecule has 0 amide bonds. The van der Waals surface area contributed by atoms with Crippen LogP contribution in [-0.2, 0) is 0 Å². The molecular formula is C20H18NO3-. The van der Waals surface area contributed by atoms with E-state index >= 15 is 0 Å². The molecule has 0 saturated heterocycles. The zero-order valence-electron chi connectivity index (χ0n) is 13.4. The number of carbonyl (C=O) groups is 1. The number of carboxylic acids is 1. The highest BCUT2D eigenvalue weighted by Gasteiger charge is 2.38. The number of methoxy groups -OCH3 is 1. The fourth-order valence-corrected chi connectivity index (χ4v) is 3.92. The van der Waals surface area contributed by atoms with E-state index in [4.69, 9.17) is 4.74 Å². The number of carbonyl (C=O) groups excluding carboxylic acids is 1. The standard InChI is InChI=1S/C20H19NO3/c1-24-17-7-3-6-16-14-4-2-5-15(14)18(21-19(16)17)12-8-10-13(11-9-12)20(22)23/h2-4,6-11,14-15,18,21H,5H2,1H3,(H,22,23)/p-1/t14-,15+,18-/m1/s1. The van der Waals surface area contributed by atoms with Crippen molar-refractivity contribution in [1.29, 1.82) is 0 Å². The summed E-state index contributed by atoms with van der Waals surface area (Å²) in [5.74, 6) is 0.453. The molecule has 2 aromatic carbocycles. The van der Waals surface area contributed by atoms with Crippen LogP contribution in [0.25, 0.3) is 0 Å². The van der Waals surface area contributed by atoms with Crippen LogP contribution in [0.2, 0.25) is 0 Å². The quantitative estimate of drug-likeness (QED) is 0.883. The van der Waals surface area contributed by atoms with Crippen molar-refractivity contribution in [2.45, 2.75) is 18.4 Å². The van der Waals surface area contributed by atoms with Gasteiger partial charge in [0.2, 0.25) is 0 Å². The van der Waals surface area contributed by atoms with E-state index in [-0.39, 0.29) is 11.6 Å². The third kappa shape index (κ3) is 2.26. The number of ether oxygens (including phenoxy) is 1. The lowest BCUT2D eigenvalue weighted by Crippen LogP contribution is -2.29. The Morgan fingerprint density at radius 2 is 2.00 bits per heavy atom. The number of rotatable bonds is 3. The highest BCUT2D eigenvalue weighted by atomic mass is 16.5. The number of nitrogens with one attached hydrogen (secondary N) is 1. The Morgan fingerprint density at radius 3 is 2.71 bits per heavy atom. The Kier molecular flexibility index (Phi) is 3.53. The molecule has 1 heterocycles. The summed E-state index contributed by atoms with van der Waals surface area (Å²) in [7, 11) is 1.68. The van der Waals surface area contributed by atoms with Crippen LogP contribution in [0.4, 0.5) is 5.69 Å². The second-order valence-electron chi connectivity index (χ2n) is 6.31. The van der Waals surface area contributed by atoms with E-state index < -0.39 is 5.97 Å². The van der Waals surface area contributed by atoms with E-state index in [0.29, 0.717) is 11.8 Å². The van der Waals surface area contributed by atoms with Gasteiger partial charge in [0.05, 0.1) is 24.8 Å². The van der Waals surface area contributed by atoms with Crippen LogP contribution in [0.3, 0.4) is 0 Å². The first-order valence-electron chi connectivity index (χ1n) is 8.10. The molecule has 2 aromatic rings. The van der Waals surface area contributed by atoms with Crippen LogP contribution in [0.5, 0.6) is 5.75 Å². The number of hydrogen-bond donors (Lipinski definition) is 1. The summed E-state index contributed by atoms with van der Waals surface area (Å²) in [5, 5.41) is 14.6. The number of aromatic carboxylic acids is 1. The van der Waals surface area contributed by atoms with Crippen LogP contribution < -0.4 is 15.2 Å². The maximum absolute atomic E-state index is 11.0. The third-order valence-corrected chi connectivity index (χ3v) is 5.08. The van der Waals surface area contributed by atoms with Crippen LogP contribution in [0.15, 0.2) is 54.6 Å². The van der Waals surface area contributed by atoms with E-state index in [9.17, 15) is 9.90 Å². The van der Waals surface area contributed by atoms with E-state index in [0.717, 1.165) is 23.4 Å². The first-order chi connectivity index (χ1) is 11.7. The first-order valence-corrected chi connectivity index (χ1v) is 8.10. The van der Waals surface area contributed by atoms with Crippen molar-refractivity contribution in [2.24, 2.45) is 5.92 Å². The lowest BCUT2D eigenvalue weighted by Gasteiger charge is -2.38. The Hall–Kier alpha value is -2.75. The Labute approximate surface area is 140 Å². The third-order valence-electron chi connectivity index (χ3n) is 5.08. The lowest BCUT2D eigenvalue weighted by atomic mass is 9.77. The van der Waals surface area contributed by atoms with Crippen LogP contribution in [0.1, 0.15) is 39.9 Å². The second kappa shape index (κ2) is 5.71. The number of carboxylic acid groups (broad SMARTS) is 1. The molecule has 1 aliphatic carbocycles. The zero-order chi connectivity index (χ0) is 16.7. The summed E-state index contributed by atoms with van der Waals surface area (Å²) in [6.07, 6.45) is 5.50. The number of benzene rings is 2. The molecule has 0 aromatic heterocycles. The number of allylic oxidation sites excluding steroid dienone is 2. The van der Waals surface area contributed by atoms with Gasteiger partial charge in [-0.05, 0) is 35.1 Å². The predicted molar refractivity (Wildman–Crippen MR) is 90.1 cm³/mol. The minimum Gasteiger partial charge on any atom is -0.545 e. The SMILES string of the molecule is COc1cccc2c1N[C@H](c1ccc(C(=O)[O-])cc1)[C@H]1CC=C[C@@H]21. The van der Waals surface area contributed by atoms with Gasteiger partial charge in [-0.2, -0.15) is 0 Å². The lowest BCUT2D eigenvalue weighted by molar-refractivity contribution is -0.255. The van der Waals surface area contributed by atoms with Crippen molar-refractivity contribution < 1.29 is 14.6 Å². The van der Waals surface area contributed by atoms with E-state index in [1.807, 2.05) is 24.3 Å². The summed E-state index contributed by atoms with van der Waals surface area (Å²) >= 11 is 0. The average molecular weight is 320 g/mol. The molecule has 4 nitrogen and oxygen atoms in total. The van der Waals surface area contributed by atoms with Gasteiger partial charge < -0.3 is 20.0 Å². The molecule has 0 radical (unpaired) electrons. The minimum absolute atomic E-state index is 0.115. The van der Waals surface area contributed by atoms with Crippen molar-refractivity contribution in [2.75, 3.05) is 12.4 Å². The average Bonchev–Trinajstić information content (AvgIpc) is 3.10. The Morgan fingerprint density at radius 1 is 1.21 bits per heavy atom. The molecule has 3 atom stereocenters. The topological polar surface area (TPSA) is 61.4 Å². The maximum Gasteiger partial charge on any atom is 0.142 e. The Balaban J connectivity index is 1.76. The number of hydrogen-bond acceptors (Lipinski definition) is 4. The molecule has 1 N–H and O–H groups in total. The molecule has 4 rings (SSSR count). The van der Waals surface area contributed by atoms with Crippen LogP contribution in [-0.4, -0.2) is 13.1 Å². The second-order valence-corrected chi connectivity index (χ2v) is 6.31. The molecule has 122 valence electrons. The fourth-order valence-electron chi connectivity index (χ4n) is 3.92. The van der Waals surface area contributed by atoms with Crippen molar-refractivity contribution in [3.63, 3.8) is 0 Å². The number of fused-ring (bicyclic) bond motifs is 3. The first kappa shape index (κ1) is 14.8. The largest absolute Gasteiger partial charge is 0.545 e. The Bertz CT molecular complexity index is 810. The summed E-state index contributed by atoms with van der Waals surface area (Å²) in [4.78, 5) is 11.0. The predicted octanol–water partition coefficient (Wildman–Crippen LogP) is 2.89. The summed E-state index contributed by atoms with van der Waals surface area (Å²) in [6, 6.07) is 13.2. The molecule has 0 saturated carbocycles. The normalized spacial score (nSPS) is 24.0. The highest BCUT2D eigenvalue weighted by molar-refractivity contribution is 5.85. The molecule has 2 aliphatic rings. The molecule has 0 bridgehead atoms. The smallest absolute Gasteiger partial charge is 0.142 e. The van der Waals surface area contributed by atoms with Crippen molar-refractivity contribution in [1.82, 2.24) is 0 Å². The molecule has 1 aliphatic heterocycles. The summed E-state index contributed by atoms with van der Waals surface area (Å²) < 4.78 is 5.52. The van der Waals surface area contributed by atoms with E-state index in [2.05, 4.69) is 23.5 Å². The molecular weight excluding hydrogens is 302 g/mol. The van der Waals surface area contributed by atoms with Crippen molar-refractivity contribution in [3.8, 4) is 5.75 Å². The molecule has 4 heteroatoms. The summed E-state index contributed by atoms with van der Waals surface area (Å²) in [6.45, 7) is 0. The maximum atomic E-state index is 11.0. The van der Waals surface area contributed by atoms with Gasteiger partial charge in [0.1, 0.15) is 5.75 Å². The van der Waals surface area contributed by atoms with Gasteiger partial charge in [-0.25, -0.2) is 0 Å². The molecule has 0 fully saturated rings. The number of anilines is 1. The van der Waals surface area contributed by atoms with Gasteiger partial charge in [-0.15, -0.1) is 0 Å².